The molecule has 1 amide bonds. The van der Waals surface area contributed by atoms with Gasteiger partial charge in [-0.3, -0.25) is 9.63 Å². The Morgan fingerprint density at radius 3 is 2.69 bits per heavy atom. The molecule has 16 nitrogen and oxygen atoms in total. The van der Waals surface area contributed by atoms with Crippen LogP contribution in [0.3, 0.4) is 0 Å². The number of aromatic nitrogens is 2. The third-order valence-electron chi connectivity index (χ3n) is 5.63. The van der Waals surface area contributed by atoms with E-state index < -0.39 is 62.8 Å². The molecule has 6 N–H and O–H groups in total. The van der Waals surface area contributed by atoms with Crippen LogP contribution < -0.4 is 15.9 Å². The molecule has 0 aliphatic carbocycles. The fourth-order valence-corrected chi connectivity index (χ4v) is 5.43. The maximum atomic E-state index is 13.8. The van der Waals surface area contributed by atoms with Crippen LogP contribution in [0, 0.1) is 0 Å². The van der Waals surface area contributed by atoms with Crippen molar-refractivity contribution in [2.24, 2.45) is 5.73 Å². The lowest BCUT2D eigenvalue weighted by molar-refractivity contribution is -0.281. The highest BCUT2D eigenvalue weighted by Gasteiger charge is 2.53. The quantitative estimate of drug-likeness (QED) is 0.118. The van der Waals surface area contributed by atoms with Gasteiger partial charge in [0.25, 0.3) is 11.8 Å². The average molecular weight is 570 g/mol. The number of para-hydroxylation sites is 1. The van der Waals surface area contributed by atoms with Gasteiger partial charge in [0, 0.05) is 6.20 Å². The minimum atomic E-state index is -4.91. The van der Waals surface area contributed by atoms with E-state index in [9.17, 15) is 34.6 Å². The Kier molecular flexibility index (Phi) is 8.22. The van der Waals surface area contributed by atoms with Gasteiger partial charge < -0.3 is 39.8 Å². The van der Waals surface area contributed by atoms with Crippen molar-refractivity contribution >= 4 is 24.8 Å². The number of hydroxylamine groups is 1. The predicted octanol–water partition coefficient (Wildman–Crippen LogP) is -0.507. The molecule has 1 aliphatic rings. The summed E-state index contributed by atoms with van der Waals surface area (Å²) >= 11 is 0. The number of aliphatic hydroxyl groups excluding tert-OH is 3. The minimum absolute atomic E-state index is 0.0368. The van der Waals surface area contributed by atoms with Crippen LogP contribution in [0.1, 0.15) is 19.1 Å². The molecule has 212 valence electrons. The van der Waals surface area contributed by atoms with E-state index >= 15 is 0 Å². The Labute approximate surface area is 220 Å². The number of nitrogens with zero attached hydrogens (tertiary/aromatic N) is 3. The van der Waals surface area contributed by atoms with Gasteiger partial charge in [0.1, 0.15) is 24.2 Å². The summed E-state index contributed by atoms with van der Waals surface area (Å²) in [4.78, 5) is 34.0. The van der Waals surface area contributed by atoms with Gasteiger partial charge in [-0.25, -0.2) is 18.5 Å². The van der Waals surface area contributed by atoms with E-state index in [0.717, 1.165) is 13.3 Å². The fraction of sp³-hybridized carbons (Fsp3) is 0.409. The maximum absolute atomic E-state index is 13.8. The third-order valence-corrected chi connectivity index (χ3v) is 7.36. The molecule has 17 heteroatoms. The Balaban J connectivity index is 1.63. The zero-order chi connectivity index (χ0) is 28.5. The molecule has 1 saturated heterocycles. The number of carbonyl (C=O) groups excluding carboxylic acids is 1. The van der Waals surface area contributed by atoms with E-state index in [-0.39, 0.29) is 27.4 Å². The Morgan fingerprint density at radius 2 is 2.08 bits per heavy atom. The average Bonchev–Trinajstić information content (AvgIpc) is 3.43. The van der Waals surface area contributed by atoms with E-state index in [1.165, 1.54) is 37.3 Å². The number of furan rings is 1. The second kappa shape index (κ2) is 11.1. The normalized spacial score (nSPS) is 24.3. The van der Waals surface area contributed by atoms with Crippen molar-refractivity contribution in [3.63, 3.8) is 0 Å². The molecule has 1 aromatic carbocycles. The molecule has 4 rings (SSSR count). The Bertz CT molecular complexity index is 1430. The molecule has 3 aromatic rings. The molecule has 1 fully saturated rings. The predicted molar refractivity (Wildman–Crippen MR) is 129 cm³/mol. The summed E-state index contributed by atoms with van der Waals surface area (Å²) in [7, 11) is -3.92. The van der Waals surface area contributed by atoms with Crippen LogP contribution in [0.5, 0.6) is 5.75 Å². The number of rotatable bonds is 10. The monoisotopic (exact) mass is 570 g/mol. The number of amides is 1. The van der Waals surface area contributed by atoms with Crippen LogP contribution >= 0.6 is 7.75 Å². The highest BCUT2D eigenvalue weighted by atomic mass is 31.2. The van der Waals surface area contributed by atoms with Crippen molar-refractivity contribution in [3.05, 3.63) is 58.8 Å². The third kappa shape index (κ3) is 5.74. The number of benzene rings is 1. The topological polar surface area (TPSA) is 229 Å². The van der Waals surface area contributed by atoms with Gasteiger partial charge in [0.2, 0.25) is 5.71 Å². The molecule has 0 bridgehead atoms. The van der Waals surface area contributed by atoms with E-state index in [1.54, 1.807) is 6.07 Å². The summed E-state index contributed by atoms with van der Waals surface area (Å²) in [5, 5.41) is 42.0. The van der Waals surface area contributed by atoms with Crippen molar-refractivity contribution in [3.8, 4) is 5.75 Å². The molecule has 3 heterocycles. The summed E-state index contributed by atoms with van der Waals surface area (Å²) < 4.78 is 35.7. The van der Waals surface area contributed by atoms with Crippen molar-refractivity contribution in [2.75, 3.05) is 7.11 Å². The van der Waals surface area contributed by atoms with Crippen molar-refractivity contribution in [1.82, 2.24) is 14.4 Å². The van der Waals surface area contributed by atoms with E-state index in [0.29, 0.717) is 4.57 Å². The Morgan fingerprint density at radius 1 is 1.38 bits per heavy atom. The smallest absolute Gasteiger partial charge is 0.440 e. The van der Waals surface area contributed by atoms with Crippen LogP contribution in [0.25, 0.3) is 11.1 Å². The molecule has 0 spiro atoms. The summed E-state index contributed by atoms with van der Waals surface area (Å²) in [6.07, 6.45) is -5.34. The second-order valence-electron chi connectivity index (χ2n) is 8.57. The molecular weight excluding hydrogens is 543 g/mol. The number of carbonyl (C=O) groups is 1. The number of hydrogen-bond donors (Lipinski definition) is 5. The van der Waals surface area contributed by atoms with Crippen LogP contribution in [-0.2, 0) is 36.0 Å². The molecule has 3 unspecified atom stereocenters. The van der Waals surface area contributed by atoms with Crippen LogP contribution in [-0.4, -0.2) is 72.4 Å². The van der Waals surface area contributed by atoms with Crippen LogP contribution in [0.2, 0.25) is 0 Å². The summed E-state index contributed by atoms with van der Waals surface area (Å²) in [6.45, 7) is 0.818. The van der Waals surface area contributed by atoms with Crippen molar-refractivity contribution in [2.45, 2.75) is 50.4 Å². The van der Waals surface area contributed by atoms with Gasteiger partial charge in [0.05, 0.1) is 31.1 Å². The lowest BCUT2D eigenvalue weighted by Crippen LogP contribution is -2.44. The summed E-state index contributed by atoms with van der Waals surface area (Å²) in [5.74, 6) is -3.50. The minimum Gasteiger partial charge on any atom is -0.440 e. The maximum Gasteiger partial charge on any atom is 0.517 e. The first-order chi connectivity index (χ1) is 18.4. The highest BCUT2D eigenvalue weighted by molar-refractivity contribution is 7.52. The number of hydrogen-bond acceptors (Lipinski definition) is 14. The number of aliphatic hydroxyl groups is 4. The molecule has 2 aromatic heterocycles. The second-order valence-corrected chi connectivity index (χ2v) is 10.3. The first-order valence-corrected chi connectivity index (χ1v) is 13.0. The molecule has 0 radical (unpaired) electrons. The van der Waals surface area contributed by atoms with Crippen LogP contribution in [0.15, 0.2) is 51.8 Å². The standard InChI is InChI=1S/C22H27N4O12P/c1-12(23)19(29)26(34-2)39(33,37-14-6-4-3-5-7-14)38-20(30)17-16(28)9-22(32,36-17)25-10-13-8-15(11-27)35-18(13)24-21(25)31/h3-8,10,12,16-17,20,27-28,30,32H,9,11,23H2,1-2H3/t12-,16-,17-,20?,22?,39?/m0/s1. The highest BCUT2D eigenvalue weighted by Crippen LogP contribution is 2.54. The van der Waals surface area contributed by atoms with Crippen molar-refractivity contribution in [1.29, 1.82) is 0 Å². The Hall–Kier alpha value is -3.18. The van der Waals surface area contributed by atoms with E-state index in [2.05, 4.69) is 4.98 Å². The first-order valence-electron chi connectivity index (χ1n) is 11.5. The van der Waals surface area contributed by atoms with Gasteiger partial charge in [-0.1, -0.05) is 18.2 Å². The zero-order valence-corrected chi connectivity index (χ0v) is 21.6. The van der Waals surface area contributed by atoms with Gasteiger partial charge in [0.15, 0.2) is 6.29 Å². The SMILES string of the molecule is CON(C(=O)[C@H](C)N)P(=O)(Oc1ccccc1)OC(O)[C@H]1OC(O)(n2cc3cc(CO)oc3nc2=O)C[C@@H]1O. The van der Waals surface area contributed by atoms with Gasteiger partial charge in [-0.05, 0) is 25.1 Å². The number of fused-ring (bicyclic) bond motifs is 1. The van der Waals surface area contributed by atoms with Crippen molar-refractivity contribution < 1.29 is 52.8 Å². The van der Waals surface area contributed by atoms with E-state index in [4.69, 9.17) is 28.8 Å². The van der Waals surface area contributed by atoms with Gasteiger partial charge in [-0.15, -0.1) is 4.83 Å². The lowest BCUT2D eigenvalue weighted by Gasteiger charge is -2.32. The molecule has 1 aliphatic heterocycles. The van der Waals surface area contributed by atoms with Gasteiger partial charge in [-0.2, -0.15) is 4.98 Å². The molecule has 6 atom stereocenters. The van der Waals surface area contributed by atoms with Crippen LogP contribution in [0.4, 0.5) is 0 Å². The van der Waals surface area contributed by atoms with E-state index in [1.807, 2.05) is 0 Å². The summed E-state index contributed by atoms with van der Waals surface area (Å²) in [5.41, 5.74) is 4.46. The lowest BCUT2D eigenvalue weighted by atomic mass is 10.1. The molecule has 0 saturated carbocycles. The number of nitrogens with two attached hydrogens (primary N) is 1. The zero-order valence-electron chi connectivity index (χ0n) is 20.7. The number of ether oxygens (including phenoxy) is 1. The molecule has 39 heavy (non-hydrogen) atoms. The fourth-order valence-electron chi connectivity index (χ4n) is 3.82. The summed E-state index contributed by atoms with van der Waals surface area (Å²) in [6, 6.07) is 7.64. The first kappa shape index (κ1) is 28.8. The van der Waals surface area contributed by atoms with Gasteiger partial charge >= 0.3 is 13.4 Å². The largest absolute Gasteiger partial charge is 0.517 e. The molecular formula is C22H27N4O12P.